The zero-order valence-corrected chi connectivity index (χ0v) is 8.87. The van der Waals surface area contributed by atoms with Crippen molar-refractivity contribution in [1.82, 2.24) is 10.2 Å². The lowest BCUT2D eigenvalue weighted by Crippen LogP contribution is -2.21. The molecule has 0 atom stereocenters. The molecule has 0 spiro atoms. The van der Waals surface area contributed by atoms with E-state index in [-0.39, 0.29) is 5.91 Å². The SMILES string of the molecule is CNCc1cccc(C(=O)N(C)C)c1. The van der Waals surface area contributed by atoms with Crippen molar-refractivity contribution >= 4 is 5.91 Å². The van der Waals surface area contributed by atoms with Gasteiger partial charge in [-0.25, -0.2) is 0 Å². The molecular formula is C11H16N2O. The predicted octanol–water partition coefficient (Wildman–Crippen LogP) is 1.11. The summed E-state index contributed by atoms with van der Waals surface area (Å²) in [5, 5.41) is 3.05. The molecule has 1 aromatic carbocycles. The number of nitrogens with one attached hydrogen (secondary N) is 1. The van der Waals surface area contributed by atoms with Crippen LogP contribution in [0, 0.1) is 0 Å². The summed E-state index contributed by atoms with van der Waals surface area (Å²) in [7, 11) is 5.40. The van der Waals surface area contributed by atoms with Gasteiger partial charge in [0.25, 0.3) is 5.91 Å². The van der Waals surface area contributed by atoms with Gasteiger partial charge in [0.05, 0.1) is 0 Å². The first-order valence-corrected chi connectivity index (χ1v) is 4.60. The standard InChI is InChI=1S/C11H16N2O/c1-12-8-9-5-4-6-10(7-9)11(14)13(2)3/h4-7,12H,8H2,1-3H3. The first kappa shape index (κ1) is 10.7. The van der Waals surface area contributed by atoms with Crippen molar-refractivity contribution in [3.05, 3.63) is 35.4 Å². The van der Waals surface area contributed by atoms with Crippen LogP contribution in [-0.2, 0) is 6.54 Å². The smallest absolute Gasteiger partial charge is 0.253 e. The Kier molecular flexibility index (Phi) is 3.65. The first-order valence-electron chi connectivity index (χ1n) is 4.60. The van der Waals surface area contributed by atoms with Crippen LogP contribution in [0.15, 0.2) is 24.3 Å². The number of nitrogens with zero attached hydrogens (tertiary/aromatic N) is 1. The highest BCUT2D eigenvalue weighted by Crippen LogP contribution is 2.06. The Hall–Kier alpha value is -1.35. The highest BCUT2D eigenvalue weighted by atomic mass is 16.2. The molecule has 0 fully saturated rings. The van der Waals surface area contributed by atoms with Crippen molar-refractivity contribution in [2.45, 2.75) is 6.54 Å². The molecule has 1 N–H and O–H groups in total. The third-order valence-corrected chi connectivity index (χ3v) is 1.96. The van der Waals surface area contributed by atoms with Gasteiger partial charge >= 0.3 is 0 Å². The van der Waals surface area contributed by atoms with E-state index >= 15 is 0 Å². The number of benzene rings is 1. The van der Waals surface area contributed by atoms with E-state index in [4.69, 9.17) is 0 Å². The van der Waals surface area contributed by atoms with Crippen LogP contribution in [0.1, 0.15) is 15.9 Å². The van der Waals surface area contributed by atoms with E-state index in [1.54, 1.807) is 19.0 Å². The van der Waals surface area contributed by atoms with E-state index in [1.807, 2.05) is 31.3 Å². The zero-order chi connectivity index (χ0) is 10.6. The molecule has 0 aromatic heterocycles. The maximum absolute atomic E-state index is 11.6. The lowest BCUT2D eigenvalue weighted by Gasteiger charge is -2.10. The molecule has 14 heavy (non-hydrogen) atoms. The number of rotatable bonds is 3. The normalized spacial score (nSPS) is 9.93. The zero-order valence-electron chi connectivity index (χ0n) is 8.87. The fraction of sp³-hybridized carbons (Fsp3) is 0.364. The predicted molar refractivity (Wildman–Crippen MR) is 57.2 cm³/mol. The lowest BCUT2D eigenvalue weighted by atomic mass is 10.1. The molecule has 0 aliphatic heterocycles. The van der Waals surface area contributed by atoms with E-state index < -0.39 is 0 Å². The molecule has 1 aromatic rings. The summed E-state index contributed by atoms with van der Waals surface area (Å²) in [5.41, 5.74) is 1.86. The summed E-state index contributed by atoms with van der Waals surface area (Å²) in [6, 6.07) is 7.66. The van der Waals surface area contributed by atoms with Gasteiger partial charge in [-0.1, -0.05) is 12.1 Å². The van der Waals surface area contributed by atoms with Gasteiger partial charge in [-0.3, -0.25) is 4.79 Å². The van der Waals surface area contributed by atoms with Gasteiger partial charge in [0, 0.05) is 26.2 Å². The van der Waals surface area contributed by atoms with E-state index in [0.717, 1.165) is 17.7 Å². The Bertz CT molecular complexity index is 321. The lowest BCUT2D eigenvalue weighted by molar-refractivity contribution is 0.0827. The number of hydrogen-bond acceptors (Lipinski definition) is 2. The molecule has 1 amide bonds. The van der Waals surface area contributed by atoms with Crippen LogP contribution in [-0.4, -0.2) is 32.0 Å². The van der Waals surface area contributed by atoms with Crippen molar-refractivity contribution in [2.75, 3.05) is 21.1 Å². The van der Waals surface area contributed by atoms with E-state index in [2.05, 4.69) is 5.32 Å². The molecule has 0 saturated heterocycles. The van der Waals surface area contributed by atoms with Crippen molar-refractivity contribution in [3.8, 4) is 0 Å². The fourth-order valence-electron chi connectivity index (χ4n) is 1.28. The van der Waals surface area contributed by atoms with E-state index in [0.29, 0.717) is 0 Å². The molecule has 0 aliphatic rings. The van der Waals surface area contributed by atoms with Crippen LogP contribution in [0.4, 0.5) is 0 Å². The number of hydrogen-bond donors (Lipinski definition) is 1. The Labute approximate surface area is 84.7 Å². The maximum atomic E-state index is 11.6. The minimum Gasteiger partial charge on any atom is -0.345 e. The summed E-state index contributed by atoms with van der Waals surface area (Å²) < 4.78 is 0. The van der Waals surface area contributed by atoms with Crippen molar-refractivity contribution in [3.63, 3.8) is 0 Å². The monoisotopic (exact) mass is 192 g/mol. The minimum atomic E-state index is 0.0444. The molecule has 0 heterocycles. The topological polar surface area (TPSA) is 32.3 Å². The molecule has 0 radical (unpaired) electrons. The highest BCUT2D eigenvalue weighted by Gasteiger charge is 2.07. The van der Waals surface area contributed by atoms with Gasteiger partial charge in [-0.2, -0.15) is 0 Å². The number of carbonyl (C=O) groups excluding carboxylic acids is 1. The second kappa shape index (κ2) is 4.77. The molecular weight excluding hydrogens is 176 g/mol. The molecule has 0 unspecified atom stereocenters. The first-order chi connectivity index (χ1) is 6.65. The Morgan fingerprint density at radius 1 is 1.43 bits per heavy atom. The second-order valence-electron chi connectivity index (χ2n) is 3.43. The molecule has 0 bridgehead atoms. The van der Waals surface area contributed by atoms with E-state index in [9.17, 15) is 4.79 Å². The van der Waals surface area contributed by atoms with Gasteiger partial charge in [0.15, 0.2) is 0 Å². The molecule has 3 heteroatoms. The van der Waals surface area contributed by atoms with Crippen LogP contribution < -0.4 is 5.32 Å². The fourth-order valence-corrected chi connectivity index (χ4v) is 1.28. The van der Waals surface area contributed by atoms with Gasteiger partial charge < -0.3 is 10.2 Å². The highest BCUT2D eigenvalue weighted by molar-refractivity contribution is 5.94. The maximum Gasteiger partial charge on any atom is 0.253 e. The van der Waals surface area contributed by atoms with Crippen LogP contribution in [0.3, 0.4) is 0 Å². The van der Waals surface area contributed by atoms with Gasteiger partial charge in [0.2, 0.25) is 0 Å². The Morgan fingerprint density at radius 3 is 2.71 bits per heavy atom. The molecule has 3 nitrogen and oxygen atoms in total. The third kappa shape index (κ3) is 2.57. The largest absolute Gasteiger partial charge is 0.345 e. The minimum absolute atomic E-state index is 0.0444. The van der Waals surface area contributed by atoms with Gasteiger partial charge in [-0.15, -0.1) is 0 Å². The van der Waals surface area contributed by atoms with E-state index in [1.165, 1.54) is 0 Å². The van der Waals surface area contributed by atoms with Crippen molar-refractivity contribution in [2.24, 2.45) is 0 Å². The van der Waals surface area contributed by atoms with Crippen molar-refractivity contribution < 1.29 is 4.79 Å². The Balaban J connectivity index is 2.88. The molecule has 0 aliphatic carbocycles. The van der Waals surface area contributed by atoms with Gasteiger partial charge in [0.1, 0.15) is 0 Å². The van der Waals surface area contributed by atoms with Crippen LogP contribution in [0.25, 0.3) is 0 Å². The van der Waals surface area contributed by atoms with Crippen LogP contribution in [0.5, 0.6) is 0 Å². The quantitative estimate of drug-likeness (QED) is 0.778. The Morgan fingerprint density at radius 2 is 2.14 bits per heavy atom. The molecule has 76 valence electrons. The summed E-state index contributed by atoms with van der Waals surface area (Å²) in [6.07, 6.45) is 0. The molecule has 1 rings (SSSR count). The van der Waals surface area contributed by atoms with Crippen LogP contribution >= 0.6 is 0 Å². The summed E-state index contributed by atoms with van der Waals surface area (Å²) >= 11 is 0. The summed E-state index contributed by atoms with van der Waals surface area (Å²) in [4.78, 5) is 13.2. The number of amides is 1. The summed E-state index contributed by atoms with van der Waals surface area (Å²) in [6.45, 7) is 0.786. The average molecular weight is 192 g/mol. The van der Waals surface area contributed by atoms with Gasteiger partial charge in [-0.05, 0) is 24.7 Å². The van der Waals surface area contributed by atoms with Crippen LogP contribution in [0.2, 0.25) is 0 Å². The third-order valence-electron chi connectivity index (χ3n) is 1.96. The average Bonchev–Trinajstić information content (AvgIpc) is 2.17. The van der Waals surface area contributed by atoms with Crippen molar-refractivity contribution in [1.29, 1.82) is 0 Å². The number of carbonyl (C=O) groups is 1. The molecule has 0 saturated carbocycles. The summed E-state index contributed by atoms with van der Waals surface area (Å²) in [5.74, 6) is 0.0444. The second-order valence-corrected chi connectivity index (χ2v) is 3.43.